The number of hydrogen-bond acceptors (Lipinski definition) is 4. The highest BCUT2D eigenvalue weighted by Crippen LogP contribution is 2.36. The van der Waals surface area contributed by atoms with Crippen molar-refractivity contribution in [3.05, 3.63) is 22.7 Å². The lowest BCUT2D eigenvalue weighted by Crippen LogP contribution is -2.20. The minimum Gasteiger partial charge on any atom is -0.503 e. The molecule has 0 aromatic heterocycles. The summed E-state index contributed by atoms with van der Waals surface area (Å²) in [5.41, 5.74) is 5.65. The van der Waals surface area contributed by atoms with Gasteiger partial charge in [-0.05, 0) is 17.7 Å². The van der Waals surface area contributed by atoms with Gasteiger partial charge in [-0.15, -0.1) is 0 Å². The molecule has 4 N–H and O–H groups in total. The van der Waals surface area contributed by atoms with Crippen LogP contribution in [0.25, 0.3) is 0 Å². The van der Waals surface area contributed by atoms with Gasteiger partial charge in [0.15, 0.2) is 11.5 Å². The molecular weight excluding hydrogens is 222 g/mol. The lowest BCUT2D eigenvalue weighted by molar-refractivity contribution is -0.138. The maximum atomic E-state index is 10.6. The van der Waals surface area contributed by atoms with E-state index in [-0.39, 0.29) is 22.1 Å². The van der Waals surface area contributed by atoms with E-state index in [0.717, 1.165) is 0 Å². The largest absolute Gasteiger partial charge is 0.503 e. The van der Waals surface area contributed by atoms with Crippen LogP contribution in [0.1, 0.15) is 11.6 Å². The third-order valence-corrected chi connectivity index (χ3v) is 2.18. The predicted octanol–water partition coefficient (Wildman–Crippen LogP) is 1.14. The maximum absolute atomic E-state index is 10.6. The van der Waals surface area contributed by atoms with Gasteiger partial charge in [0.1, 0.15) is 6.04 Å². The number of aliphatic carboxylic acids is 1. The zero-order valence-corrected chi connectivity index (χ0v) is 8.65. The predicted molar refractivity (Wildman–Crippen MR) is 54.2 cm³/mol. The molecule has 0 bridgehead atoms. The number of carboxylic acids is 1. The van der Waals surface area contributed by atoms with E-state index in [2.05, 4.69) is 0 Å². The summed E-state index contributed by atoms with van der Waals surface area (Å²) in [6, 6.07) is 1.43. The van der Waals surface area contributed by atoms with Crippen LogP contribution < -0.4 is 10.5 Å². The number of phenols is 1. The Morgan fingerprint density at radius 3 is 2.67 bits per heavy atom. The molecule has 1 atom stereocenters. The van der Waals surface area contributed by atoms with Gasteiger partial charge in [0.2, 0.25) is 0 Å². The Hall–Kier alpha value is -1.46. The van der Waals surface area contributed by atoms with Crippen molar-refractivity contribution in [2.24, 2.45) is 5.73 Å². The lowest BCUT2D eigenvalue weighted by atomic mass is 10.1. The van der Waals surface area contributed by atoms with Gasteiger partial charge in [0.25, 0.3) is 0 Å². The van der Waals surface area contributed by atoms with Crippen molar-refractivity contribution < 1.29 is 19.7 Å². The Kier molecular flexibility index (Phi) is 3.39. The molecular formula is C9H10ClNO4. The first-order valence-electron chi connectivity index (χ1n) is 4.02. The second-order valence-electron chi connectivity index (χ2n) is 2.87. The molecule has 0 aliphatic rings. The SMILES string of the molecule is COc1cc([C@@H](N)C(=O)O)cc(Cl)c1O. The van der Waals surface area contributed by atoms with Gasteiger partial charge in [-0.25, -0.2) is 0 Å². The van der Waals surface area contributed by atoms with Crippen LogP contribution in [-0.4, -0.2) is 23.3 Å². The summed E-state index contributed by atoms with van der Waals surface area (Å²) >= 11 is 5.67. The summed E-state index contributed by atoms with van der Waals surface area (Å²) < 4.78 is 4.81. The minimum atomic E-state index is -1.20. The fraction of sp³-hybridized carbons (Fsp3) is 0.222. The summed E-state index contributed by atoms with van der Waals surface area (Å²) in [5, 5.41) is 18.1. The van der Waals surface area contributed by atoms with E-state index in [1.54, 1.807) is 0 Å². The quantitative estimate of drug-likeness (QED) is 0.725. The van der Waals surface area contributed by atoms with Crippen molar-refractivity contribution in [2.75, 3.05) is 7.11 Å². The first-order chi connectivity index (χ1) is 6.97. The highest BCUT2D eigenvalue weighted by Gasteiger charge is 2.18. The second kappa shape index (κ2) is 4.37. The molecule has 1 aromatic carbocycles. The molecule has 0 aliphatic heterocycles. The number of benzene rings is 1. The van der Waals surface area contributed by atoms with E-state index in [4.69, 9.17) is 27.2 Å². The molecule has 82 valence electrons. The average molecular weight is 232 g/mol. The van der Waals surface area contributed by atoms with E-state index in [1.807, 2.05) is 0 Å². The molecule has 0 aliphatic carbocycles. The van der Waals surface area contributed by atoms with Crippen molar-refractivity contribution in [3.8, 4) is 11.5 Å². The van der Waals surface area contributed by atoms with Crippen LogP contribution in [0.4, 0.5) is 0 Å². The summed E-state index contributed by atoms with van der Waals surface area (Å²) in [6.45, 7) is 0. The van der Waals surface area contributed by atoms with Gasteiger partial charge < -0.3 is 20.7 Å². The van der Waals surface area contributed by atoms with E-state index >= 15 is 0 Å². The number of nitrogens with two attached hydrogens (primary N) is 1. The molecule has 0 heterocycles. The fourth-order valence-corrected chi connectivity index (χ4v) is 1.29. The van der Waals surface area contributed by atoms with Crippen LogP contribution in [0.3, 0.4) is 0 Å². The number of carbonyl (C=O) groups is 1. The Bertz CT molecular complexity index is 394. The normalized spacial score (nSPS) is 12.2. The van der Waals surface area contributed by atoms with Crippen LogP contribution in [0.15, 0.2) is 12.1 Å². The van der Waals surface area contributed by atoms with E-state index in [0.29, 0.717) is 0 Å². The van der Waals surface area contributed by atoms with E-state index in [1.165, 1.54) is 19.2 Å². The molecule has 0 saturated carbocycles. The molecule has 0 saturated heterocycles. The van der Waals surface area contributed by atoms with Gasteiger partial charge in [-0.1, -0.05) is 11.6 Å². The Morgan fingerprint density at radius 1 is 1.60 bits per heavy atom. The third-order valence-electron chi connectivity index (χ3n) is 1.90. The van der Waals surface area contributed by atoms with Crippen LogP contribution in [-0.2, 0) is 4.79 Å². The number of hydrogen-bond donors (Lipinski definition) is 3. The van der Waals surface area contributed by atoms with Gasteiger partial charge in [-0.2, -0.15) is 0 Å². The second-order valence-corrected chi connectivity index (χ2v) is 3.28. The Balaban J connectivity index is 3.22. The molecule has 0 radical (unpaired) electrons. The van der Waals surface area contributed by atoms with Crippen LogP contribution in [0, 0.1) is 0 Å². The Labute approximate surface area is 91.0 Å². The number of rotatable bonds is 3. The molecule has 0 unspecified atom stereocenters. The molecule has 1 aromatic rings. The molecule has 5 nitrogen and oxygen atoms in total. The zero-order chi connectivity index (χ0) is 11.6. The molecule has 0 fully saturated rings. The number of methoxy groups -OCH3 is 1. The highest BCUT2D eigenvalue weighted by molar-refractivity contribution is 6.32. The topological polar surface area (TPSA) is 92.8 Å². The molecule has 0 amide bonds. The van der Waals surface area contributed by atoms with Crippen molar-refractivity contribution >= 4 is 17.6 Å². The summed E-state index contributed by atoms with van der Waals surface area (Å²) in [4.78, 5) is 10.6. The van der Waals surface area contributed by atoms with Crippen molar-refractivity contribution in [2.45, 2.75) is 6.04 Å². The summed E-state index contributed by atoms with van der Waals surface area (Å²) in [5.74, 6) is -1.33. The standard InChI is InChI=1S/C9H10ClNO4/c1-15-6-3-4(7(11)9(13)14)2-5(10)8(6)12/h2-3,7,12H,11H2,1H3,(H,13,14)/t7-/m1/s1. The average Bonchev–Trinajstić information content (AvgIpc) is 2.20. The zero-order valence-electron chi connectivity index (χ0n) is 7.90. The van der Waals surface area contributed by atoms with Crippen LogP contribution in [0.5, 0.6) is 11.5 Å². The van der Waals surface area contributed by atoms with Crippen LogP contribution in [0.2, 0.25) is 5.02 Å². The van der Waals surface area contributed by atoms with Crippen LogP contribution >= 0.6 is 11.6 Å². The van der Waals surface area contributed by atoms with Gasteiger partial charge in [0, 0.05) is 0 Å². The third kappa shape index (κ3) is 2.31. The smallest absolute Gasteiger partial charge is 0.325 e. The van der Waals surface area contributed by atoms with Gasteiger partial charge >= 0.3 is 5.97 Å². The van der Waals surface area contributed by atoms with Gasteiger partial charge in [0.05, 0.1) is 12.1 Å². The van der Waals surface area contributed by atoms with Crippen molar-refractivity contribution in [1.29, 1.82) is 0 Å². The highest BCUT2D eigenvalue weighted by atomic mass is 35.5. The monoisotopic (exact) mass is 231 g/mol. The van der Waals surface area contributed by atoms with Crippen molar-refractivity contribution in [3.63, 3.8) is 0 Å². The minimum absolute atomic E-state index is 0.000972. The first kappa shape index (κ1) is 11.6. The van der Waals surface area contributed by atoms with E-state index < -0.39 is 12.0 Å². The molecule has 0 spiro atoms. The Morgan fingerprint density at radius 2 is 2.20 bits per heavy atom. The summed E-state index contributed by atoms with van der Waals surface area (Å²) in [7, 11) is 1.33. The number of aromatic hydroxyl groups is 1. The fourth-order valence-electron chi connectivity index (χ4n) is 1.07. The van der Waals surface area contributed by atoms with Gasteiger partial charge in [-0.3, -0.25) is 4.79 Å². The number of halogens is 1. The number of ether oxygens (including phenoxy) is 1. The number of carboxylic acid groups (broad SMARTS) is 1. The molecule has 1 rings (SSSR count). The van der Waals surface area contributed by atoms with Crippen molar-refractivity contribution in [1.82, 2.24) is 0 Å². The van der Waals surface area contributed by atoms with E-state index in [9.17, 15) is 9.90 Å². The number of phenolic OH excluding ortho intramolecular Hbond substituents is 1. The summed E-state index contributed by atoms with van der Waals surface area (Å²) in [6.07, 6.45) is 0. The first-order valence-corrected chi connectivity index (χ1v) is 4.40. The maximum Gasteiger partial charge on any atom is 0.325 e. The lowest BCUT2D eigenvalue weighted by Gasteiger charge is -2.11. The molecule has 6 heteroatoms. The molecule has 15 heavy (non-hydrogen) atoms.